The number of hydrogen-bond donors (Lipinski definition) is 1. The van der Waals surface area contributed by atoms with Crippen LogP contribution in [0.25, 0.3) is 0 Å². The lowest BCUT2D eigenvalue weighted by Crippen LogP contribution is -2.49. The van der Waals surface area contributed by atoms with Gasteiger partial charge in [-0.2, -0.15) is 5.10 Å². The van der Waals surface area contributed by atoms with E-state index in [2.05, 4.69) is 40.2 Å². The maximum absolute atomic E-state index is 13.4. The number of aryl methyl sites for hydroxylation is 1. The highest BCUT2D eigenvalue weighted by Crippen LogP contribution is 2.25. The molecule has 2 amide bonds. The van der Waals surface area contributed by atoms with E-state index in [1.165, 1.54) is 11.3 Å². The minimum Gasteiger partial charge on any atom is -0.497 e. The fourth-order valence-electron chi connectivity index (χ4n) is 4.78. The third kappa shape index (κ3) is 4.11. The number of para-hydroxylation sites is 1. The predicted molar refractivity (Wildman–Crippen MR) is 129 cm³/mol. The number of amides is 2. The SMILES string of the molecule is COc1ccc(C(=O)N2CCc3[nH]nc(C(=O)N4CCN(c5ccccc5C)CC4)c3C2)cc1. The largest absolute Gasteiger partial charge is 0.497 e. The Morgan fingerprint density at radius 2 is 1.65 bits per heavy atom. The van der Waals surface area contributed by atoms with Crippen LogP contribution in [-0.2, 0) is 13.0 Å². The number of benzene rings is 2. The fraction of sp³-hybridized carbons (Fsp3) is 0.346. The third-order valence-corrected chi connectivity index (χ3v) is 6.78. The predicted octanol–water partition coefficient (Wildman–Crippen LogP) is 2.89. The molecular weight excluding hydrogens is 430 g/mol. The lowest BCUT2D eigenvalue weighted by molar-refractivity contribution is 0.0709. The molecule has 8 heteroatoms. The van der Waals surface area contributed by atoms with Crippen molar-refractivity contribution in [2.45, 2.75) is 19.9 Å². The molecule has 0 radical (unpaired) electrons. The van der Waals surface area contributed by atoms with Crippen LogP contribution in [-0.4, -0.2) is 71.6 Å². The Morgan fingerprint density at radius 1 is 0.912 bits per heavy atom. The van der Waals surface area contributed by atoms with Crippen molar-refractivity contribution in [1.29, 1.82) is 0 Å². The zero-order valence-corrected chi connectivity index (χ0v) is 19.6. The Kier molecular flexibility index (Phi) is 5.96. The zero-order valence-electron chi connectivity index (χ0n) is 19.6. The van der Waals surface area contributed by atoms with Crippen molar-refractivity contribution in [3.63, 3.8) is 0 Å². The molecular formula is C26H29N5O3. The van der Waals surface area contributed by atoms with Gasteiger partial charge in [-0.15, -0.1) is 0 Å². The smallest absolute Gasteiger partial charge is 0.274 e. The summed E-state index contributed by atoms with van der Waals surface area (Å²) in [6, 6.07) is 15.4. The normalized spacial score (nSPS) is 15.8. The summed E-state index contributed by atoms with van der Waals surface area (Å²) in [5.74, 6) is 0.586. The highest BCUT2D eigenvalue weighted by atomic mass is 16.5. The molecule has 2 aliphatic heterocycles. The fourth-order valence-corrected chi connectivity index (χ4v) is 4.78. The molecule has 34 heavy (non-hydrogen) atoms. The van der Waals surface area contributed by atoms with Gasteiger partial charge in [0.2, 0.25) is 0 Å². The summed E-state index contributed by atoms with van der Waals surface area (Å²) in [4.78, 5) is 32.4. The lowest BCUT2D eigenvalue weighted by atomic mass is 10.0. The van der Waals surface area contributed by atoms with Crippen LogP contribution >= 0.6 is 0 Å². The molecule has 0 unspecified atom stereocenters. The quantitative estimate of drug-likeness (QED) is 0.649. The number of nitrogens with one attached hydrogen (secondary N) is 1. The van der Waals surface area contributed by atoms with Gasteiger partial charge in [0.1, 0.15) is 5.75 Å². The molecule has 0 saturated carbocycles. The van der Waals surface area contributed by atoms with E-state index in [1.807, 2.05) is 11.0 Å². The number of H-pyrrole nitrogens is 1. The van der Waals surface area contributed by atoms with Crippen LogP contribution in [0.15, 0.2) is 48.5 Å². The summed E-state index contributed by atoms with van der Waals surface area (Å²) in [5.41, 5.74) is 5.28. The number of rotatable bonds is 4. The van der Waals surface area contributed by atoms with Gasteiger partial charge in [0.05, 0.1) is 13.7 Å². The number of anilines is 1. The highest BCUT2D eigenvalue weighted by Gasteiger charge is 2.31. The van der Waals surface area contributed by atoms with E-state index in [9.17, 15) is 9.59 Å². The van der Waals surface area contributed by atoms with Crippen LogP contribution in [0.2, 0.25) is 0 Å². The zero-order chi connectivity index (χ0) is 23.7. The molecule has 8 nitrogen and oxygen atoms in total. The Labute approximate surface area is 199 Å². The average molecular weight is 460 g/mol. The minimum atomic E-state index is -0.0688. The van der Waals surface area contributed by atoms with E-state index >= 15 is 0 Å². The standard InChI is InChI=1S/C26H29N5O3/c1-18-5-3-4-6-23(18)29-13-15-30(16-14-29)26(33)24-21-17-31(12-11-22(21)27-28-24)25(32)19-7-9-20(34-2)10-8-19/h3-10H,11-17H2,1-2H3,(H,27,28). The second-order valence-electron chi connectivity index (χ2n) is 8.80. The monoisotopic (exact) mass is 459 g/mol. The Morgan fingerprint density at radius 3 is 2.35 bits per heavy atom. The van der Waals surface area contributed by atoms with Crippen LogP contribution in [0.4, 0.5) is 5.69 Å². The number of carbonyl (C=O) groups is 2. The Hall–Kier alpha value is -3.81. The molecule has 0 bridgehead atoms. The summed E-state index contributed by atoms with van der Waals surface area (Å²) in [6.45, 7) is 5.93. The topological polar surface area (TPSA) is 81.8 Å². The molecule has 0 atom stereocenters. The number of methoxy groups -OCH3 is 1. The first-order chi connectivity index (χ1) is 16.5. The third-order valence-electron chi connectivity index (χ3n) is 6.78. The second kappa shape index (κ2) is 9.21. The van der Waals surface area contributed by atoms with Crippen LogP contribution < -0.4 is 9.64 Å². The molecule has 2 aliphatic rings. The van der Waals surface area contributed by atoms with E-state index in [4.69, 9.17) is 4.74 Å². The van der Waals surface area contributed by atoms with Gasteiger partial charge in [-0.3, -0.25) is 14.7 Å². The molecule has 3 heterocycles. The van der Waals surface area contributed by atoms with Crippen molar-refractivity contribution >= 4 is 17.5 Å². The maximum Gasteiger partial charge on any atom is 0.274 e. The average Bonchev–Trinajstić information content (AvgIpc) is 3.31. The van der Waals surface area contributed by atoms with E-state index in [0.29, 0.717) is 49.6 Å². The number of fused-ring (bicyclic) bond motifs is 1. The molecule has 5 rings (SSSR count). The second-order valence-corrected chi connectivity index (χ2v) is 8.80. The Bertz CT molecular complexity index is 1200. The number of ether oxygens (including phenoxy) is 1. The van der Waals surface area contributed by atoms with Crippen molar-refractivity contribution in [2.24, 2.45) is 0 Å². The first kappa shape index (κ1) is 22.0. The van der Waals surface area contributed by atoms with Crippen molar-refractivity contribution in [1.82, 2.24) is 20.0 Å². The summed E-state index contributed by atoms with van der Waals surface area (Å²) < 4.78 is 5.19. The molecule has 0 aliphatic carbocycles. The molecule has 2 aromatic carbocycles. The van der Waals surface area contributed by atoms with Gasteiger partial charge in [0.15, 0.2) is 5.69 Å². The van der Waals surface area contributed by atoms with Crippen LogP contribution in [0.1, 0.15) is 37.7 Å². The van der Waals surface area contributed by atoms with Gasteiger partial charge in [-0.05, 0) is 42.8 Å². The highest BCUT2D eigenvalue weighted by molar-refractivity contribution is 5.96. The van der Waals surface area contributed by atoms with Crippen LogP contribution in [0, 0.1) is 6.92 Å². The summed E-state index contributed by atoms with van der Waals surface area (Å²) in [6.07, 6.45) is 0.651. The number of hydrogen-bond acceptors (Lipinski definition) is 5. The van der Waals surface area contributed by atoms with Gasteiger partial charge in [-0.1, -0.05) is 18.2 Å². The number of nitrogens with zero attached hydrogens (tertiary/aromatic N) is 4. The van der Waals surface area contributed by atoms with E-state index < -0.39 is 0 Å². The Balaban J connectivity index is 1.27. The van der Waals surface area contributed by atoms with Gasteiger partial charge in [0, 0.05) is 61.7 Å². The maximum atomic E-state index is 13.4. The molecule has 1 fully saturated rings. The van der Waals surface area contributed by atoms with Gasteiger partial charge in [-0.25, -0.2) is 0 Å². The van der Waals surface area contributed by atoms with Crippen LogP contribution in [0.3, 0.4) is 0 Å². The van der Waals surface area contributed by atoms with Gasteiger partial charge in [0.25, 0.3) is 11.8 Å². The number of carbonyl (C=O) groups excluding carboxylic acids is 2. The van der Waals surface area contributed by atoms with Crippen molar-refractivity contribution in [2.75, 3.05) is 44.7 Å². The molecule has 176 valence electrons. The lowest BCUT2D eigenvalue weighted by Gasteiger charge is -2.36. The van der Waals surface area contributed by atoms with E-state index in [1.54, 1.807) is 36.3 Å². The molecule has 1 aromatic heterocycles. The minimum absolute atomic E-state index is 0.0558. The first-order valence-electron chi connectivity index (χ1n) is 11.6. The number of piperazine rings is 1. The molecule has 0 spiro atoms. The van der Waals surface area contributed by atoms with Crippen molar-refractivity contribution < 1.29 is 14.3 Å². The number of aromatic amines is 1. The number of aromatic nitrogens is 2. The molecule has 3 aromatic rings. The van der Waals surface area contributed by atoms with Crippen LogP contribution in [0.5, 0.6) is 5.75 Å². The van der Waals surface area contributed by atoms with Crippen molar-refractivity contribution in [3.8, 4) is 5.75 Å². The summed E-state index contributed by atoms with van der Waals surface area (Å²) >= 11 is 0. The molecule has 1 saturated heterocycles. The summed E-state index contributed by atoms with van der Waals surface area (Å²) in [7, 11) is 1.60. The first-order valence-corrected chi connectivity index (χ1v) is 11.6. The summed E-state index contributed by atoms with van der Waals surface area (Å²) in [5, 5.41) is 7.41. The van der Waals surface area contributed by atoms with E-state index in [0.717, 1.165) is 24.3 Å². The van der Waals surface area contributed by atoms with Gasteiger partial charge < -0.3 is 19.4 Å². The molecule has 1 N–H and O–H groups in total. The van der Waals surface area contributed by atoms with Crippen molar-refractivity contribution in [3.05, 3.63) is 76.6 Å². The van der Waals surface area contributed by atoms with Gasteiger partial charge >= 0.3 is 0 Å². The van der Waals surface area contributed by atoms with E-state index in [-0.39, 0.29) is 11.8 Å².